The average Bonchev–Trinajstić information content (AvgIpc) is 3.33. The minimum absolute atomic E-state index is 0.0141. The molecule has 1 fully saturated rings. The molecule has 3 unspecified atom stereocenters. The number of Topliss-reactive ketones (excluding diaryl/α,β-unsaturated/α-hetero) is 2. The lowest BCUT2D eigenvalue weighted by Gasteiger charge is -2.46. The quantitative estimate of drug-likeness (QED) is 0.375. The van der Waals surface area contributed by atoms with Crippen molar-refractivity contribution in [1.82, 2.24) is 14.8 Å². The topological polar surface area (TPSA) is 82.7 Å². The first kappa shape index (κ1) is 27.1. The molecule has 4 rings (SSSR count). The summed E-state index contributed by atoms with van der Waals surface area (Å²) >= 11 is 0. The Morgan fingerprint density at radius 3 is 2.25 bits per heavy atom. The number of ketones is 2. The summed E-state index contributed by atoms with van der Waals surface area (Å²) in [5.74, 6) is -1.01. The smallest absolute Gasteiger partial charge is 0.257 e. The molecule has 0 radical (unpaired) electrons. The monoisotopic (exact) mass is 491 g/mol. The third kappa shape index (κ3) is 5.07. The molecule has 0 aliphatic carbocycles. The minimum atomic E-state index is -0.611. The molecule has 7 heteroatoms. The van der Waals surface area contributed by atoms with Gasteiger partial charge in [-0.3, -0.25) is 19.3 Å². The van der Waals surface area contributed by atoms with Crippen LogP contribution in [0, 0.1) is 0 Å². The predicted octanol–water partition coefficient (Wildman–Crippen LogP) is 5.27. The molecular weight excluding hydrogens is 454 g/mol. The number of carbonyl (C=O) groups is 3. The van der Waals surface area contributed by atoms with E-state index in [9.17, 15) is 14.4 Å². The summed E-state index contributed by atoms with van der Waals surface area (Å²) in [7, 11) is 1.48. The molecule has 1 amide bonds. The number of aromatic nitrogens is 1. The molecular formula is C29H37N3O4. The first-order valence-corrected chi connectivity index (χ1v) is 12.6. The van der Waals surface area contributed by atoms with Crippen LogP contribution in [0.15, 0.2) is 48.7 Å². The maximum atomic E-state index is 13.7. The number of methoxy groups -OCH3 is 1. The van der Waals surface area contributed by atoms with E-state index < -0.39 is 11.6 Å². The first-order chi connectivity index (χ1) is 17.2. The van der Waals surface area contributed by atoms with Gasteiger partial charge in [0.25, 0.3) is 5.91 Å². The van der Waals surface area contributed by atoms with Crippen LogP contribution in [0.3, 0.4) is 0 Å². The van der Waals surface area contributed by atoms with Crippen molar-refractivity contribution < 1.29 is 19.1 Å². The highest BCUT2D eigenvalue weighted by Crippen LogP contribution is 2.35. The number of H-pyrrole nitrogens is 1. The normalized spacial score (nSPS) is 18.8. The van der Waals surface area contributed by atoms with E-state index in [4.69, 9.17) is 4.74 Å². The second-order valence-electron chi connectivity index (χ2n) is 9.10. The SMILES string of the molecule is CC.COc1c(C(=O)N2CC(C)N(C(C)c3ccccc3)CC2C)ccc2[nH]cc(C(=O)C(C)=O)c12. The van der Waals surface area contributed by atoms with Gasteiger partial charge in [0, 0.05) is 49.9 Å². The van der Waals surface area contributed by atoms with Gasteiger partial charge in [0.2, 0.25) is 5.78 Å². The number of nitrogens with one attached hydrogen (secondary N) is 1. The summed E-state index contributed by atoms with van der Waals surface area (Å²) in [6.45, 7) is 13.0. The number of aromatic amines is 1. The Balaban J connectivity index is 0.00000176. The van der Waals surface area contributed by atoms with Crippen LogP contribution in [-0.2, 0) is 4.79 Å². The lowest BCUT2D eigenvalue weighted by Crippen LogP contribution is -2.58. The van der Waals surface area contributed by atoms with Crippen LogP contribution in [0.5, 0.6) is 5.75 Å². The second-order valence-corrected chi connectivity index (χ2v) is 9.10. The summed E-state index contributed by atoms with van der Waals surface area (Å²) in [4.78, 5) is 45.2. The summed E-state index contributed by atoms with van der Waals surface area (Å²) < 4.78 is 5.64. The number of hydrogen-bond donors (Lipinski definition) is 1. The number of fused-ring (bicyclic) bond motifs is 1. The van der Waals surface area contributed by atoms with Crippen LogP contribution in [0.4, 0.5) is 0 Å². The van der Waals surface area contributed by atoms with Gasteiger partial charge < -0.3 is 14.6 Å². The highest BCUT2D eigenvalue weighted by atomic mass is 16.5. The van der Waals surface area contributed by atoms with E-state index in [0.29, 0.717) is 28.8 Å². The Morgan fingerprint density at radius 1 is 0.972 bits per heavy atom. The fourth-order valence-corrected chi connectivity index (χ4v) is 5.00. The van der Waals surface area contributed by atoms with Gasteiger partial charge >= 0.3 is 0 Å². The molecule has 0 spiro atoms. The molecule has 0 bridgehead atoms. The zero-order valence-corrected chi connectivity index (χ0v) is 22.3. The zero-order chi connectivity index (χ0) is 26.6. The van der Waals surface area contributed by atoms with E-state index in [0.717, 1.165) is 6.54 Å². The molecule has 7 nitrogen and oxygen atoms in total. The van der Waals surface area contributed by atoms with Crippen LogP contribution >= 0.6 is 0 Å². The summed E-state index contributed by atoms with van der Waals surface area (Å²) in [6, 6.07) is 14.2. The van der Waals surface area contributed by atoms with Gasteiger partial charge in [0.15, 0.2) is 5.78 Å². The molecule has 2 aromatic carbocycles. The third-order valence-corrected chi connectivity index (χ3v) is 6.87. The lowest BCUT2D eigenvalue weighted by molar-refractivity contribution is -0.113. The Kier molecular flexibility index (Phi) is 8.69. The number of ether oxygens (including phenoxy) is 1. The van der Waals surface area contributed by atoms with Crippen molar-refractivity contribution in [2.75, 3.05) is 20.2 Å². The number of nitrogens with zero attached hydrogens (tertiary/aromatic N) is 2. The van der Waals surface area contributed by atoms with Crippen LogP contribution in [-0.4, -0.2) is 64.5 Å². The lowest BCUT2D eigenvalue weighted by atomic mass is 9.99. The molecule has 1 N–H and O–H groups in total. The van der Waals surface area contributed by atoms with Crippen molar-refractivity contribution in [3.05, 3.63) is 65.4 Å². The fraction of sp³-hybridized carbons (Fsp3) is 0.414. The van der Waals surface area contributed by atoms with Crippen molar-refractivity contribution in [2.24, 2.45) is 0 Å². The first-order valence-electron chi connectivity index (χ1n) is 12.6. The second kappa shape index (κ2) is 11.5. The molecule has 192 valence electrons. The van der Waals surface area contributed by atoms with E-state index in [-0.39, 0.29) is 29.6 Å². The Bertz CT molecular complexity index is 1230. The number of amides is 1. The van der Waals surface area contributed by atoms with E-state index in [1.807, 2.05) is 36.9 Å². The van der Waals surface area contributed by atoms with Crippen LogP contribution in [0.25, 0.3) is 10.9 Å². The molecule has 1 saturated heterocycles. The minimum Gasteiger partial charge on any atom is -0.495 e. The third-order valence-electron chi connectivity index (χ3n) is 6.87. The average molecular weight is 492 g/mol. The van der Waals surface area contributed by atoms with Crippen molar-refractivity contribution in [3.8, 4) is 5.75 Å². The highest BCUT2D eigenvalue weighted by molar-refractivity contribution is 6.45. The maximum Gasteiger partial charge on any atom is 0.257 e. The van der Waals surface area contributed by atoms with E-state index in [1.54, 1.807) is 12.1 Å². The number of rotatable bonds is 6. The molecule has 1 aliphatic rings. The van der Waals surface area contributed by atoms with Crippen LogP contribution in [0.1, 0.15) is 73.9 Å². The largest absolute Gasteiger partial charge is 0.495 e. The fourth-order valence-electron chi connectivity index (χ4n) is 5.00. The molecule has 0 saturated carbocycles. The van der Waals surface area contributed by atoms with E-state index in [2.05, 4.69) is 42.8 Å². The Hall–Kier alpha value is -3.45. The van der Waals surface area contributed by atoms with Gasteiger partial charge in [-0.05, 0) is 38.5 Å². The molecule has 1 aliphatic heterocycles. The van der Waals surface area contributed by atoms with Gasteiger partial charge in [-0.2, -0.15) is 0 Å². The van der Waals surface area contributed by atoms with Crippen molar-refractivity contribution >= 4 is 28.4 Å². The molecule has 36 heavy (non-hydrogen) atoms. The predicted molar refractivity (Wildman–Crippen MR) is 143 cm³/mol. The van der Waals surface area contributed by atoms with Crippen molar-refractivity contribution in [2.45, 2.75) is 59.7 Å². The van der Waals surface area contributed by atoms with Gasteiger partial charge in [-0.1, -0.05) is 44.2 Å². The molecule has 3 aromatic rings. The molecule has 1 aromatic heterocycles. The Labute approximate surface area is 213 Å². The molecule has 2 heterocycles. The highest BCUT2D eigenvalue weighted by Gasteiger charge is 2.36. The number of benzene rings is 2. The zero-order valence-electron chi connectivity index (χ0n) is 22.3. The van der Waals surface area contributed by atoms with Gasteiger partial charge in [-0.15, -0.1) is 0 Å². The number of carbonyl (C=O) groups excluding carboxylic acids is 3. The summed E-state index contributed by atoms with van der Waals surface area (Å²) in [6.07, 6.45) is 1.50. The van der Waals surface area contributed by atoms with E-state index in [1.165, 1.54) is 25.8 Å². The standard InChI is InChI=1S/C27H31N3O4.C2H6/c1-16-15-30(17(2)14-29(16)18(3)20-9-7-6-8-10-20)27(33)21-11-12-23-24(26(21)34-5)22(13-28-23)25(32)19(4)31;1-2/h6-13,16-18,28H,14-15H2,1-5H3;1-2H3. The van der Waals surface area contributed by atoms with Crippen molar-refractivity contribution in [1.29, 1.82) is 0 Å². The maximum absolute atomic E-state index is 13.7. The number of piperazine rings is 1. The van der Waals surface area contributed by atoms with Gasteiger partial charge in [0.05, 0.1) is 23.6 Å². The van der Waals surface area contributed by atoms with Crippen molar-refractivity contribution in [3.63, 3.8) is 0 Å². The summed E-state index contributed by atoms with van der Waals surface area (Å²) in [5, 5.41) is 0.464. The molecule has 3 atom stereocenters. The summed E-state index contributed by atoms with van der Waals surface area (Å²) in [5.41, 5.74) is 2.50. The van der Waals surface area contributed by atoms with E-state index >= 15 is 0 Å². The van der Waals surface area contributed by atoms with Crippen LogP contribution < -0.4 is 4.74 Å². The van der Waals surface area contributed by atoms with Gasteiger partial charge in [-0.25, -0.2) is 0 Å². The Morgan fingerprint density at radius 2 is 1.64 bits per heavy atom. The number of hydrogen-bond acceptors (Lipinski definition) is 5. The van der Waals surface area contributed by atoms with Crippen LogP contribution in [0.2, 0.25) is 0 Å². The van der Waals surface area contributed by atoms with Gasteiger partial charge in [0.1, 0.15) is 5.75 Å².